The van der Waals surface area contributed by atoms with Gasteiger partial charge in [0.25, 0.3) is 0 Å². The van der Waals surface area contributed by atoms with Gasteiger partial charge in [-0.15, -0.1) is 0 Å². The fraction of sp³-hybridized carbons (Fsp3) is 0.123. The van der Waals surface area contributed by atoms with E-state index in [1.165, 1.54) is 149 Å². The molecule has 0 unspecified atom stereocenters. The molecule has 0 amide bonds. The molecule has 0 spiro atoms. The highest BCUT2D eigenvalue weighted by molar-refractivity contribution is 6.23. The van der Waals surface area contributed by atoms with Crippen molar-refractivity contribution >= 4 is 43.1 Å². The van der Waals surface area contributed by atoms with Crippen LogP contribution in [0.2, 0.25) is 0 Å². The number of fused-ring (bicyclic) bond motifs is 10. The Labute approximate surface area is 429 Å². The van der Waals surface area contributed by atoms with Gasteiger partial charge in [0.2, 0.25) is 0 Å². The summed E-state index contributed by atoms with van der Waals surface area (Å²) >= 11 is 0. The zero-order valence-corrected chi connectivity index (χ0v) is 42.4. The summed E-state index contributed by atoms with van der Waals surface area (Å²) in [6.45, 7) is 14.1. The molecule has 0 bridgehead atoms. The highest BCUT2D eigenvalue weighted by Crippen LogP contribution is 2.55. The fourth-order valence-electron chi connectivity index (χ4n) is 13.3. The van der Waals surface area contributed by atoms with Gasteiger partial charge in [-0.3, -0.25) is 0 Å². The highest BCUT2D eigenvalue weighted by Gasteiger charge is 2.38. The predicted molar refractivity (Wildman–Crippen MR) is 313 cm³/mol. The van der Waals surface area contributed by atoms with Crippen LogP contribution in [0, 0.1) is 0 Å². The average molecular weight is 933 g/mol. The molecular formula is C73H56. The molecule has 0 radical (unpaired) electrons. The van der Waals surface area contributed by atoms with Crippen molar-refractivity contribution in [3.63, 3.8) is 0 Å². The molecule has 0 aromatic heterocycles. The maximum Gasteiger partial charge on any atom is 0.0159 e. The van der Waals surface area contributed by atoms with Crippen LogP contribution in [0.5, 0.6) is 0 Å². The smallest absolute Gasteiger partial charge is 0.0159 e. The molecule has 0 saturated carbocycles. The van der Waals surface area contributed by atoms with Crippen molar-refractivity contribution in [3.8, 4) is 77.9 Å². The first-order valence-corrected chi connectivity index (χ1v) is 26.2. The zero-order chi connectivity index (χ0) is 49.3. The predicted octanol–water partition coefficient (Wildman–Crippen LogP) is 20.4. The second kappa shape index (κ2) is 16.1. The van der Waals surface area contributed by atoms with Gasteiger partial charge in [0.05, 0.1) is 0 Å². The molecule has 0 atom stereocenters. The van der Waals surface area contributed by atoms with Crippen LogP contribution in [0.3, 0.4) is 0 Å². The fourth-order valence-corrected chi connectivity index (χ4v) is 13.3. The molecule has 2 aliphatic carbocycles. The maximum absolute atomic E-state index is 2.52. The first kappa shape index (κ1) is 43.5. The van der Waals surface area contributed by atoms with Crippen molar-refractivity contribution in [1.82, 2.24) is 0 Å². The molecule has 12 aromatic carbocycles. The van der Waals surface area contributed by atoms with Crippen LogP contribution in [0.25, 0.3) is 121 Å². The molecule has 348 valence electrons. The quantitative estimate of drug-likeness (QED) is 0.146. The molecule has 12 aromatic rings. The molecule has 14 rings (SSSR count). The number of hydrogen-bond acceptors (Lipinski definition) is 0. The Morgan fingerprint density at radius 1 is 0.247 bits per heavy atom. The van der Waals surface area contributed by atoms with Crippen molar-refractivity contribution in [3.05, 3.63) is 252 Å². The third-order valence-electron chi connectivity index (χ3n) is 17.1. The summed E-state index contributed by atoms with van der Waals surface area (Å²) in [5.41, 5.74) is 24.6. The van der Waals surface area contributed by atoms with Crippen molar-refractivity contribution in [2.24, 2.45) is 0 Å². The van der Waals surface area contributed by atoms with Crippen LogP contribution in [0.1, 0.15) is 75.3 Å². The maximum atomic E-state index is 2.52. The second-order valence-electron chi connectivity index (χ2n) is 22.1. The summed E-state index contributed by atoms with van der Waals surface area (Å²) in [6.07, 6.45) is 0. The van der Waals surface area contributed by atoms with Gasteiger partial charge in [-0.05, 0) is 173 Å². The molecule has 2 aliphatic rings. The standard InChI is InChI=1S/C73H56/c1-44(2)45-27-29-46(30-28-45)47-31-33-48(34-32-47)68-56-18-7-9-20-58(56)69(59-21-10-8-19-57(59)68)50-36-39-54-55-40-37-51(43-67(55)73(5,6)66(54)42-50)71-62-24-13-11-22-60(62)70(61-23-12-14-25-63(61)71)49-35-38-53-52-17-15-16-26-64(52)72(3,4)65(53)41-49/h7-44H,1-6H3. The lowest BCUT2D eigenvalue weighted by atomic mass is 9.79. The van der Waals surface area contributed by atoms with Crippen LogP contribution in [-0.4, -0.2) is 0 Å². The van der Waals surface area contributed by atoms with Crippen LogP contribution in [0.15, 0.2) is 224 Å². The summed E-state index contributed by atoms with van der Waals surface area (Å²) in [6, 6.07) is 85.3. The molecule has 0 saturated heterocycles. The van der Waals surface area contributed by atoms with Crippen LogP contribution in [-0.2, 0) is 10.8 Å². The third kappa shape index (κ3) is 6.46. The minimum atomic E-state index is -0.237. The molecule has 0 aliphatic heterocycles. The molecular weight excluding hydrogens is 877 g/mol. The molecule has 0 N–H and O–H groups in total. The van der Waals surface area contributed by atoms with Crippen molar-refractivity contribution in [2.45, 2.75) is 58.3 Å². The Morgan fingerprint density at radius 3 is 0.863 bits per heavy atom. The Balaban J connectivity index is 0.875. The van der Waals surface area contributed by atoms with E-state index in [9.17, 15) is 0 Å². The van der Waals surface area contributed by atoms with Gasteiger partial charge in [0.15, 0.2) is 0 Å². The van der Waals surface area contributed by atoms with Gasteiger partial charge < -0.3 is 0 Å². The monoisotopic (exact) mass is 932 g/mol. The lowest BCUT2D eigenvalue weighted by Gasteiger charge is -2.24. The summed E-state index contributed by atoms with van der Waals surface area (Å²) in [5, 5.41) is 10.2. The lowest BCUT2D eigenvalue weighted by molar-refractivity contribution is 0.660. The van der Waals surface area contributed by atoms with E-state index in [0.717, 1.165) is 0 Å². The zero-order valence-electron chi connectivity index (χ0n) is 42.4. The van der Waals surface area contributed by atoms with Crippen LogP contribution in [0.4, 0.5) is 0 Å². The van der Waals surface area contributed by atoms with Crippen LogP contribution >= 0.6 is 0 Å². The van der Waals surface area contributed by atoms with Gasteiger partial charge >= 0.3 is 0 Å². The minimum Gasteiger partial charge on any atom is -0.0619 e. The summed E-state index contributed by atoms with van der Waals surface area (Å²) in [5.74, 6) is 0.516. The topological polar surface area (TPSA) is 0 Å². The highest BCUT2D eigenvalue weighted by atomic mass is 14.4. The largest absolute Gasteiger partial charge is 0.0619 e. The molecule has 0 nitrogen and oxygen atoms in total. The van der Waals surface area contributed by atoms with E-state index < -0.39 is 0 Å². The normalized spacial score (nSPS) is 14.0. The first-order chi connectivity index (χ1) is 35.6. The Bertz CT molecular complexity index is 4140. The summed E-state index contributed by atoms with van der Waals surface area (Å²) < 4.78 is 0. The third-order valence-corrected chi connectivity index (χ3v) is 17.1. The van der Waals surface area contributed by atoms with Gasteiger partial charge in [-0.25, -0.2) is 0 Å². The van der Waals surface area contributed by atoms with Crippen LogP contribution < -0.4 is 0 Å². The van der Waals surface area contributed by atoms with E-state index >= 15 is 0 Å². The van der Waals surface area contributed by atoms with E-state index in [1.807, 2.05) is 0 Å². The van der Waals surface area contributed by atoms with Gasteiger partial charge in [-0.2, -0.15) is 0 Å². The number of hydrogen-bond donors (Lipinski definition) is 0. The van der Waals surface area contributed by atoms with E-state index in [1.54, 1.807) is 0 Å². The van der Waals surface area contributed by atoms with E-state index in [4.69, 9.17) is 0 Å². The Hall–Kier alpha value is -8.32. The number of benzene rings is 12. The molecule has 0 heterocycles. The first-order valence-electron chi connectivity index (χ1n) is 26.2. The molecule has 73 heavy (non-hydrogen) atoms. The van der Waals surface area contributed by atoms with E-state index in [-0.39, 0.29) is 10.8 Å². The SMILES string of the molecule is CC(C)c1ccc(-c2ccc(-c3c4ccccc4c(-c4ccc5c(c4)C(C)(C)c4cc(-c6c7ccccc7c(-c7ccc8c(c7)C(C)(C)c7ccccc7-8)c7ccccc67)ccc4-5)c4ccccc34)cc2)cc1. The van der Waals surface area contributed by atoms with Gasteiger partial charge in [-0.1, -0.05) is 248 Å². The number of rotatable bonds is 6. The van der Waals surface area contributed by atoms with Gasteiger partial charge in [0, 0.05) is 10.8 Å². The Morgan fingerprint density at radius 2 is 0.507 bits per heavy atom. The molecule has 0 fully saturated rings. The average Bonchev–Trinajstić information content (AvgIpc) is 3.79. The molecule has 0 heteroatoms. The second-order valence-corrected chi connectivity index (χ2v) is 22.1. The van der Waals surface area contributed by atoms with E-state index in [2.05, 4.69) is 266 Å². The van der Waals surface area contributed by atoms with Crippen molar-refractivity contribution in [1.29, 1.82) is 0 Å². The lowest BCUT2D eigenvalue weighted by Crippen LogP contribution is -2.15. The van der Waals surface area contributed by atoms with Crippen molar-refractivity contribution in [2.75, 3.05) is 0 Å². The van der Waals surface area contributed by atoms with Gasteiger partial charge in [0.1, 0.15) is 0 Å². The van der Waals surface area contributed by atoms with E-state index in [0.29, 0.717) is 5.92 Å². The summed E-state index contributed by atoms with van der Waals surface area (Å²) in [7, 11) is 0. The van der Waals surface area contributed by atoms with Crippen molar-refractivity contribution < 1.29 is 0 Å². The Kier molecular flexibility index (Phi) is 9.58. The summed E-state index contributed by atoms with van der Waals surface area (Å²) in [4.78, 5) is 0. The minimum absolute atomic E-state index is 0.0790.